The topological polar surface area (TPSA) is 97.9 Å². The van der Waals surface area contributed by atoms with Gasteiger partial charge in [0.2, 0.25) is 0 Å². The van der Waals surface area contributed by atoms with Gasteiger partial charge in [0.05, 0.1) is 7.11 Å². The zero-order valence-electron chi connectivity index (χ0n) is 21.6. The Hall–Kier alpha value is -3.59. The Morgan fingerprint density at radius 3 is 2.76 bits per heavy atom. The summed E-state index contributed by atoms with van der Waals surface area (Å²) in [5, 5.41) is 14.4. The molecule has 37 heavy (non-hydrogen) atoms. The van der Waals surface area contributed by atoms with Gasteiger partial charge >= 0.3 is 6.03 Å². The summed E-state index contributed by atoms with van der Waals surface area (Å²) < 4.78 is 19.8. The fourth-order valence-electron chi connectivity index (χ4n) is 5.66. The molecular formula is C28H33FN4O4. The number of hydrogen-bond donors (Lipinski definition) is 3. The van der Waals surface area contributed by atoms with Gasteiger partial charge in [-0.25, -0.2) is 9.18 Å². The van der Waals surface area contributed by atoms with E-state index >= 15 is 0 Å². The molecule has 1 aromatic heterocycles. The average Bonchev–Trinajstić information content (AvgIpc) is 3.28. The molecule has 2 aliphatic rings. The van der Waals surface area contributed by atoms with Crippen LogP contribution in [0.15, 0.2) is 36.4 Å². The van der Waals surface area contributed by atoms with Crippen LogP contribution in [0.1, 0.15) is 50.1 Å². The molecule has 0 aliphatic carbocycles. The Morgan fingerprint density at radius 1 is 1.27 bits per heavy atom. The predicted molar refractivity (Wildman–Crippen MR) is 138 cm³/mol. The molecule has 0 bridgehead atoms. The van der Waals surface area contributed by atoms with Gasteiger partial charge in [-0.05, 0) is 61.7 Å². The van der Waals surface area contributed by atoms with Gasteiger partial charge in [0.15, 0.2) is 11.6 Å². The lowest BCUT2D eigenvalue weighted by Gasteiger charge is -2.42. The molecule has 3 aromatic rings. The lowest BCUT2D eigenvalue weighted by molar-refractivity contribution is -0.133. The first kappa shape index (κ1) is 25.1. The molecule has 3 amide bonds. The fraction of sp³-hybridized carbons (Fsp3) is 0.429. The van der Waals surface area contributed by atoms with E-state index in [4.69, 9.17) is 4.74 Å². The third kappa shape index (κ3) is 4.11. The van der Waals surface area contributed by atoms with Crippen LogP contribution in [-0.2, 0) is 11.2 Å². The van der Waals surface area contributed by atoms with Gasteiger partial charge in [-0.3, -0.25) is 14.6 Å². The summed E-state index contributed by atoms with van der Waals surface area (Å²) in [4.78, 5) is 33.9. The number of aromatic nitrogens is 1. The fourth-order valence-corrected chi connectivity index (χ4v) is 5.66. The first-order chi connectivity index (χ1) is 17.7. The van der Waals surface area contributed by atoms with Crippen LogP contribution in [0.2, 0.25) is 0 Å². The molecule has 3 N–H and O–H groups in total. The van der Waals surface area contributed by atoms with Crippen LogP contribution >= 0.6 is 0 Å². The molecule has 3 heterocycles. The number of urea groups is 1. The van der Waals surface area contributed by atoms with Crippen LogP contribution in [0, 0.1) is 11.7 Å². The zero-order chi connectivity index (χ0) is 26.5. The van der Waals surface area contributed by atoms with E-state index in [2.05, 4.69) is 24.1 Å². The number of carbonyl (C=O) groups is 2. The largest absolute Gasteiger partial charge is 0.508 e. The van der Waals surface area contributed by atoms with Crippen LogP contribution in [0.3, 0.4) is 0 Å². The molecule has 0 saturated carbocycles. The first-order valence-electron chi connectivity index (χ1n) is 12.7. The predicted octanol–water partition coefficient (Wildman–Crippen LogP) is 4.33. The molecule has 8 nitrogen and oxygen atoms in total. The van der Waals surface area contributed by atoms with E-state index in [1.807, 2.05) is 6.07 Å². The SMILES string of the molecule is COc1cc2c3c([nH]c2cc1F)[C@@H](c1cccc(O)c1)N1C(=O)N(CCCNCC(C)C)C(=O)[C@]1(C)C3. The maximum atomic E-state index is 14.5. The highest BCUT2D eigenvalue weighted by Gasteiger charge is 2.60. The molecular weight excluding hydrogens is 475 g/mol. The number of methoxy groups -OCH3 is 1. The van der Waals surface area contributed by atoms with Gasteiger partial charge in [0.25, 0.3) is 5.91 Å². The third-order valence-corrected chi connectivity index (χ3v) is 7.41. The minimum absolute atomic E-state index is 0.0567. The Bertz CT molecular complexity index is 1370. The van der Waals surface area contributed by atoms with Crippen molar-refractivity contribution in [2.45, 2.75) is 45.2 Å². The molecule has 0 radical (unpaired) electrons. The van der Waals surface area contributed by atoms with E-state index in [9.17, 15) is 19.1 Å². The van der Waals surface area contributed by atoms with Gasteiger partial charge in [0, 0.05) is 35.6 Å². The smallest absolute Gasteiger partial charge is 0.328 e. The van der Waals surface area contributed by atoms with Crippen molar-refractivity contribution < 1.29 is 23.8 Å². The standard InChI is InChI=1S/C28H33FN4O4/c1-16(2)15-30-9-6-10-32-26(35)28(3)14-20-19-12-23(37-4)21(29)13-22(19)31-24(20)25(33(28)27(32)36)17-7-5-8-18(34)11-17/h5,7-8,11-13,16,25,30-31,34H,6,9-10,14-15H2,1-4H3/t25-,28+/m1/s1. The van der Waals surface area contributed by atoms with E-state index in [-0.39, 0.29) is 29.9 Å². The summed E-state index contributed by atoms with van der Waals surface area (Å²) >= 11 is 0. The molecule has 2 atom stereocenters. The van der Waals surface area contributed by atoms with Crippen molar-refractivity contribution in [1.82, 2.24) is 20.1 Å². The van der Waals surface area contributed by atoms with E-state index in [1.165, 1.54) is 18.1 Å². The number of hydrogen-bond acceptors (Lipinski definition) is 5. The molecule has 5 rings (SSSR count). The first-order valence-corrected chi connectivity index (χ1v) is 12.7. The molecule has 0 spiro atoms. The molecule has 0 unspecified atom stereocenters. The Morgan fingerprint density at radius 2 is 2.05 bits per heavy atom. The number of nitrogens with zero attached hydrogens (tertiary/aromatic N) is 2. The number of carbonyl (C=O) groups excluding carboxylic acids is 2. The van der Waals surface area contributed by atoms with Crippen molar-refractivity contribution in [2.75, 3.05) is 26.7 Å². The number of imide groups is 1. The van der Waals surface area contributed by atoms with Crippen molar-refractivity contribution in [1.29, 1.82) is 0 Å². The van der Waals surface area contributed by atoms with Crippen molar-refractivity contribution in [2.24, 2.45) is 5.92 Å². The minimum Gasteiger partial charge on any atom is -0.508 e. The summed E-state index contributed by atoms with van der Waals surface area (Å²) in [5.41, 5.74) is 1.62. The number of aromatic hydroxyl groups is 1. The number of rotatable bonds is 8. The summed E-state index contributed by atoms with van der Waals surface area (Å²) in [6.07, 6.45) is 0.925. The van der Waals surface area contributed by atoms with Gasteiger partial charge in [-0.2, -0.15) is 0 Å². The molecule has 196 valence electrons. The number of phenolic OH excluding ortho intramolecular Hbond substituents is 1. The van der Waals surface area contributed by atoms with Gasteiger partial charge in [-0.15, -0.1) is 0 Å². The second-order valence-electron chi connectivity index (χ2n) is 10.6. The number of aromatic amines is 1. The van der Waals surface area contributed by atoms with Crippen LogP contribution in [0.25, 0.3) is 10.9 Å². The Labute approximate surface area is 215 Å². The number of ether oxygens (including phenoxy) is 1. The maximum absolute atomic E-state index is 14.5. The molecule has 1 fully saturated rings. The van der Waals surface area contributed by atoms with E-state index in [0.717, 1.165) is 17.5 Å². The number of fused-ring (bicyclic) bond motifs is 4. The van der Waals surface area contributed by atoms with Crippen LogP contribution in [0.4, 0.5) is 9.18 Å². The lowest BCUT2D eigenvalue weighted by Crippen LogP contribution is -2.53. The monoisotopic (exact) mass is 508 g/mol. The van der Waals surface area contributed by atoms with Gasteiger partial charge in [-0.1, -0.05) is 26.0 Å². The lowest BCUT2D eigenvalue weighted by atomic mass is 9.81. The molecule has 2 aliphatic heterocycles. The van der Waals surface area contributed by atoms with Crippen LogP contribution < -0.4 is 10.1 Å². The minimum atomic E-state index is -1.14. The quantitative estimate of drug-likeness (QED) is 0.311. The summed E-state index contributed by atoms with van der Waals surface area (Å²) in [6.45, 7) is 7.94. The summed E-state index contributed by atoms with van der Waals surface area (Å²) in [6, 6.07) is 8.68. The summed E-state index contributed by atoms with van der Waals surface area (Å²) in [7, 11) is 1.41. The Balaban J connectivity index is 1.58. The van der Waals surface area contributed by atoms with Crippen LogP contribution in [-0.4, -0.2) is 64.1 Å². The van der Waals surface area contributed by atoms with Crippen molar-refractivity contribution in [3.8, 4) is 11.5 Å². The maximum Gasteiger partial charge on any atom is 0.328 e. The normalized spacial score (nSPS) is 21.2. The Kier molecular flexibility index (Phi) is 6.35. The number of benzene rings is 2. The second kappa shape index (κ2) is 9.37. The number of amides is 3. The number of nitrogens with one attached hydrogen (secondary N) is 2. The van der Waals surface area contributed by atoms with Crippen molar-refractivity contribution >= 4 is 22.8 Å². The van der Waals surface area contributed by atoms with Gasteiger partial charge in [0.1, 0.15) is 17.3 Å². The number of H-pyrrole nitrogens is 1. The van der Waals surface area contributed by atoms with E-state index < -0.39 is 17.4 Å². The zero-order valence-corrected chi connectivity index (χ0v) is 21.6. The van der Waals surface area contributed by atoms with E-state index in [1.54, 1.807) is 36.1 Å². The van der Waals surface area contributed by atoms with Crippen molar-refractivity contribution in [3.63, 3.8) is 0 Å². The second-order valence-corrected chi connectivity index (χ2v) is 10.6. The summed E-state index contributed by atoms with van der Waals surface area (Å²) in [5.74, 6) is -0.0672. The van der Waals surface area contributed by atoms with Crippen molar-refractivity contribution in [3.05, 3.63) is 59.0 Å². The van der Waals surface area contributed by atoms with E-state index in [0.29, 0.717) is 42.2 Å². The van der Waals surface area contributed by atoms with Gasteiger partial charge < -0.3 is 20.1 Å². The molecule has 1 saturated heterocycles. The third-order valence-electron chi connectivity index (χ3n) is 7.41. The number of phenols is 1. The highest BCUT2D eigenvalue weighted by molar-refractivity contribution is 6.08. The average molecular weight is 509 g/mol. The molecule has 9 heteroatoms. The highest BCUT2D eigenvalue weighted by atomic mass is 19.1. The molecule has 2 aromatic carbocycles. The highest BCUT2D eigenvalue weighted by Crippen LogP contribution is 2.49. The van der Waals surface area contributed by atoms with Crippen LogP contribution in [0.5, 0.6) is 11.5 Å². The number of halogens is 1.